The highest BCUT2D eigenvalue weighted by Gasteiger charge is 2.22. The lowest BCUT2D eigenvalue weighted by atomic mass is 9.86. The molecule has 3 atom stereocenters. The SMILES string of the molecule is COCC(C)NCC1CCCCC1O. The van der Waals surface area contributed by atoms with E-state index >= 15 is 0 Å². The van der Waals surface area contributed by atoms with Crippen LogP contribution in [0.4, 0.5) is 0 Å². The van der Waals surface area contributed by atoms with Crippen molar-refractivity contribution in [3.8, 4) is 0 Å². The van der Waals surface area contributed by atoms with E-state index in [4.69, 9.17) is 4.74 Å². The molecule has 0 heterocycles. The van der Waals surface area contributed by atoms with Crippen LogP contribution >= 0.6 is 0 Å². The van der Waals surface area contributed by atoms with Gasteiger partial charge in [0, 0.05) is 19.7 Å². The molecule has 1 aliphatic carbocycles. The summed E-state index contributed by atoms with van der Waals surface area (Å²) in [6.45, 7) is 3.77. The Kier molecular flexibility index (Phi) is 5.45. The monoisotopic (exact) mass is 201 g/mol. The Morgan fingerprint density at radius 3 is 2.79 bits per heavy atom. The molecule has 0 radical (unpaired) electrons. The molecule has 0 aliphatic heterocycles. The predicted molar refractivity (Wildman–Crippen MR) is 57.3 cm³/mol. The topological polar surface area (TPSA) is 41.5 Å². The van der Waals surface area contributed by atoms with E-state index in [1.165, 1.54) is 12.8 Å². The van der Waals surface area contributed by atoms with Crippen molar-refractivity contribution in [2.75, 3.05) is 20.3 Å². The van der Waals surface area contributed by atoms with Crippen molar-refractivity contribution in [3.63, 3.8) is 0 Å². The smallest absolute Gasteiger partial charge is 0.0613 e. The molecule has 2 N–H and O–H groups in total. The van der Waals surface area contributed by atoms with Crippen LogP contribution in [0, 0.1) is 5.92 Å². The van der Waals surface area contributed by atoms with Crippen molar-refractivity contribution < 1.29 is 9.84 Å². The standard InChI is InChI=1S/C11H23NO2/c1-9(8-14-2)12-7-10-5-3-4-6-11(10)13/h9-13H,3-8H2,1-2H3. The molecule has 84 valence electrons. The highest BCUT2D eigenvalue weighted by atomic mass is 16.5. The summed E-state index contributed by atoms with van der Waals surface area (Å²) in [6, 6.07) is 0.383. The van der Waals surface area contributed by atoms with Gasteiger partial charge in [-0.15, -0.1) is 0 Å². The second-order valence-electron chi connectivity index (χ2n) is 4.38. The Hall–Kier alpha value is -0.120. The van der Waals surface area contributed by atoms with Gasteiger partial charge in [0.25, 0.3) is 0 Å². The van der Waals surface area contributed by atoms with E-state index in [9.17, 15) is 5.11 Å². The summed E-state index contributed by atoms with van der Waals surface area (Å²) in [5.74, 6) is 0.447. The van der Waals surface area contributed by atoms with Crippen LogP contribution in [0.1, 0.15) is 32.6 Å². The van der Waals surface area contributed by atoms with E-state index in [2.05, 4.69) is 12.2 Å². The number of methoxy groups -OCH3 is 1. The van der Waals surface area contributed by atoms with Gasteiger partial charge in [-0.1, -0.05) is 12.8 Å². The van der Waals surface area contributed by atoms with Gasteiger partial charge in [0.2, 0.25) is 0 Å². The van der Waals surface area contributed by atoms with Crippen LogP contribution in [0.25, 0.3) is 0 Å². The number of nitrogens with one attached hydrogen (secondary N) is 1. The number of aliphatic hydroxyl groups is 1. The highest BCUT2D eigenvalue weighted by molar-refractivity contribution is 4.77. The molecule has 14 heavy (non-hydrogen) atoms. The van der Waals surface area contributed by atoms with E-state index in [0.717, 1.165) is 26.0 Å². The van der Waals surface area contributed by atoms with Crippen molar-refractivity contribution in [1.82, 2.24) is 5.32 Å². The van der Waals surface area contributed by atoms with E-state index in [1.54, 1.807) is 7.11 Å². The lowest BCUT2D eigenvalue weighted by molar-refractivity contribution is 0.0658. The molecule has 3 heteroatoms. The van der Waals surface area contributed by atoms with Crippen molar-refractivity contribution in [3.05, 3.63) is 0 Å². The number of ether oxygens (including phenoxy) is 1. The van der Waals surface area contributed by atoms with Crippen LogP contribution in [0.15, 0.2) is 0 Å². The van der Waals surface area contributed by atoms with Crippen molar-refractivity contribution in [2.45, 2.75) is 44.8 Å². The van der Waals surface area contributed by atoms with Gasteiger partial charge >= 0.3 is 0 Å². The van der Waals surface area contributed by atoms with E-state index < -0.39 is 0 Å². The first-order valence-electron chi connectivity index (χ1n) is 5.64. The summed E-state index contributed by atoms with van der Waals surface area (Å²) in [7, 11) is 1.72. The van der Waals surface area contributed by atoms with Crippen LogP contribution in [-0.2, 0) is 4.74 Å². The van der Waals surface area contributed by atoms with Crippen LogP contribution in [-0.4, -0.2) is 37.5 Å². The fraction of sp³-hybridized carbons (Fsp3) is 1.00. The molecule has 1 aliphatic rings. The molecule has 0 amide bonds. The molecule has 0 aromatic heterocycles. The second-order valence-corrected chi connectivity index (χ2v) is 4.38. The quantitative estimate of drug-likeness (QED) is 0.701. The van der Waals surface area contributed by atoms with Crippen LogP contribution < -0.4 is 5.32 Å². The van der Waals surface area contributed by atoms with E-state index in [-0.39, 0.29) is 6.10 Å². The van der Waals surface area contributed by atoms with Gasteiger partial charge in [-0.05, 0) is 25.7 Å². The van der Waals surface area contributed by atoms with Gasteiger partial charge in [-0.25, -0.2) is 0 Å². The zero-order valence-electron chi connectivity index (χ0n) is 9.33. The van der Waals surface area contributed by atoms with Crippen LogP contribution in [0.2, 0.25) is 0 Å². The minimum Gasteiger partial charge on any atom is -0.393 e. The number of rotatable bonds is 5. The second kappa shape index (κ2) is 6.38. The van der Waals surface area contributed by atoms with Gasteiger partial charge < -0.3 is 15.2 Å². The zero-order valence-corrected chi connectivity index (χ0v) is 9.33. The summed E-state index contributed by atoms with van der Waals surface area (Å²) in [6.07, 6.45) is 4.50. The Balaban J connectivity index is 2.15. The lowest BCUT2D eigenvalue weighted by Gasteiger charge is -2.28. The van der Waals surface area contributed by atoms with Gasteiger partial charge in [0.05, 0.1) is 12.7 Å². The molecule has 0 spiro atoms. The molecule has 0 bridgehead atoms. The first-order chi connectivity index (χ1) is 6.74. The predicted octanol–water partition coefficient (Wildman–Crippen LogP) is 1.16. The van der Waals surface area contributed by atoms with Gasteiger partial charge in [-0.3, -0.25) is 0 Å². The minimum atomic E-state index is -0.0917. The Labute approximate surface area is 86.8 Å². The Morgan fingerprint density at radius 2 is 2.14 bits per heavy atom. The summed E-state index contributed by atoms with van der Waals surface area (Å²) >= 11 is 0. The number of hydrogen-bond acceptors (Lipinski definition) is 3. The van der Waals surface area contributed by atoms with Crippen molar-refractivity contribution in [1.29, 1.82) is 0 Å². The zero-order chi connectivity index (χ0) is 10.4. The molecular weight excluding hydrogens is 178 g/mol. The largest absolute Gasteiger partial charge is 0.393 e. The summed E-state index contributed by atoms with van der Waals surface area (Å²) < 4.78 is 5.05. The highest BCUT2D eigenvalue weighted by Crippen LogP contribution is 2.23. The molecule has 3 unspecified atom stereocenters. The molecule has 0 saturated heterocycles. The van der Waals surface area contributed by atoms with E-state index in [1.807, 2.05) is 0 Å². The van der Waals surface area contributed by atoms with Crippen molar-refractivity contribution >= 4 is 0 Å². The van der Waals surface area contributed by atoms with Gasteiger partial charge in [-0.2, -0.15) is 0 Å². The van der Waals surface area contributed by atoms with Crippen molar-refractivity contribution in [2.24, 2.45) is 5.92 Å². The fourth-order valence-electron chi connectivity index (χ4n) is 2.09. The first-order valence-corrected chi connectivity index (χ1v) is 5.64. The third-order valence-corrected chi connectivity index (χ3v) is 3.01. The third kappa shape index (κ3) is 3.95. The molecular formula is C11H23NO2. The fourth-order valence-corrected chi connectivity index (χ4v) is 2.09. The molecule has 1 saturated carbocycles. The minimum absolute atomic E-state index is 0.0917. The number of hydrogen-bond donors (Lipinski definition) is 2. The molecule has 3 nitrogen and oxygen atoms in total. The summed E-state index contributed by atoms with van der Waals surface area (Å²) in [4.78, 5) is 0. The molecule has 0 aromatic carbocycles. The summed E-state index contributed by atoms with van der Waals surface area (Å²) in [5, 5.41) is 13.1. The number of aliphatic hydroxyl groups excluding tert-OH is 1. The maximum absolute atomic E-state index is 9.74. The average Bonchev–Trinajstić information content (AvgIpc) is 2.17. The van der Waals surface area contributed by atoms with Crippen LogP contribution in [0.3, 0.4) is 0 Å². The molecule has 0 aromatic rings. The van der Waals surface area contributed by atoms with Gasteiger partial charge in [0.15, 0.2) is 0 Å². The maximum atomic E-state index is 9.74. The average molecular weight is 201 g/mol. The van der Waals surface area contributed by atoms with Crippen LogP contribution in [0.5, 0.6) is 0 Å². The normalized spacial score (nSPS) is 30.2. The Morgan fingerprint density at radius 1 is 1.43 bits per heavy atom. The van der Waals surface area contributed by atoms with Gasteiger partial charge in [0.1, 0.15) is 0 Å². The summed E-state index contributed by atoms with van der Waals surface area (Å²) in [5.41, 5.74) is 0. The van der Waals surface area contributed by atoms with E-state index in [0.29, 0.717) is 12.0 Å². The molecule has 1 rings (SSSR count). The molecule has 1 fully saturated rings. The Bertz CT molecular complexity index is 152. The lowest BCUT2D eigenvalue weighted by Crippen LogP contribution is -2.39. The maximum Gasteiger partial charge on any atom is 0.0613 e. The first kappa shape index (κ1) is 12.0. The third-order valence-electron chi connectivity index (χ3n) is 3.01.